The average Bonchev–Trinajstić information content (AvgIpc) is 2.25. The Balaban J connectivity index is 2.87. The van der Waals surface area contributed by atoms with Gasteiger partial charge in [0.1, 0.15) is 0 Å². The largest absolute Gasteiger partial charge is 0.478 e. The van der Waals surface area contributed by atoms with Crippen LogP contribution in [-0.2, 0) is 0 Å². The number of anilines is 1. The second-order valence-corrected chi connectivity index (χ2v) is 3.80. The lowest BCUT2D eigenvalue weighted by Crippen LogP contribution is -2.22. The SMILES string of the molecule is Cc1cccc(NCC(O)CCl)c1C(=O)O. The zero-order valence-corrected chi connectivity index (χ0v) is 9.66. The molecule has 1 aromatic carbocycles. The Morgan fingerprint density at radius 3 is 2.81 bits per heavy atom. The number of alkyl halides is 1. The Morgan fingerprint density at radius 1 is 1.56 bits per heavy atom. The lowest BCUT2D eigenvalue weighted by atomic mass is 10.1. The molecule has 4 nitrogen and oxygen atoms in total. The van der Waals surface area contributed by atoms with E-state index in [1.54, 1.807) is 25.1 Å². The second-order valence-electron chi connectivity index (χ2n) is 3.49. The predicted octanol–water partition coefficient (Wildman–Crippen LogP) is 1.70. The van der Waals surface area contributed by atoms with Crippen LogP contribution in [0.1, 0.15) is 15.9 Å². The van der Waals surface area contributed by atoms with Gasteiger partial charge in [0.2, 0.25) is 0 Å². The zero-order chi connectivity index (χ0) is 12.1. The van der Waals surface area contributed by atoms with Gasteiger partial charge >= 0.3 is 5.97 Å². The maximum absolute atomic E-state index is 11.0. The highest BCUT2D eigenvalue weighted by Crippen LogP contribution is 2.19. The Morgan fingerprint density at radius 2 is 2.25 bits per heavy atom. The third kappa shape index (κ3) is 3.12. The van der Waals surface area contributed by atoms with Gasteiger partial charge in [-0.15, -0.1) is 11.6 Å². The molecule has 0 amide bonds. The molecule has 0 spiro atoms. The average molecular weight is 244 g/mol. The summed E-state index contributed by atoms with van der Waals surface area (Å²) in [5.74, 6) is -0.873. The molecule has 0 radical (unpaired) electrons. The van der Waals surface area contributed by atoms with E-state index in [4.69, 9.17) is 16.7 Å². The van der Waals surface area contributed by atoms with Crippen LogP contribution in [0.2, 0.25) is 0 Å². The molecule has 0 aliphatic heterocycles. The van der Waals surface area contributed by atoms with Crippen molar-refractivity contribution in [2.45, 2.75) is 13.0 Å². The van der Waals surface area contributed by atoms with Gasteiger partial charge in [-0.2, -0.15) is 0 Å². The molecule has 0 aromatic heterocycles. The number of rotatable bonds is 5. The fourth-order valence-electron chi connectivity index (χ4n) is 1.38. The van der Waals surface area contributed by atoms with Gasteiger partial charge in [0.15, 0.2) is 0 Å². The summed E-state index contributed by atoms with van der Waals surface area (Å²) in [6, 6.07) is 5.15. The second kappa shape index (κ2) is 5.72. The van der Waals surface area contributed by atoms with E-state index < -0.39 is 12.1 Å². The molecule has 3 N–H and O–H groups in total. The van der Waals surface area contributed by atoms with Crippen LogP contribution < -0.4 is 5.32 Å². The minimum absolute atomic E-state index is 0.112. The Hall–Kier alpha value is -1.26. The Kier molecular flexibility index (Phi) is 4.58. The number of aliphatic hydroxyl groups is 1. The lowest BCUT2D eigenvalue weighted by Gasteiger charge is -2.13. The van der Waals surface area contributed by atoms with Crippen LogP contribution in [0.25, 0.3) is 0 Å². The van der Waals surface area contributed by atoms with Gasteiger partial charge in [-0.3, -0.25) is 0 Å². The van der Waals surface area contributed by atoms with Crippen LogP contribution in [0.3, 0.4) is 0 Å². The molecule has 0 saturated heterocycles. The van der Waals surface area contributed by atoms with E-state index in [1.165, 1.54) is 0 Å². The summed E-state index contributed by atoms with van der Waals surface area (Å²) in [7, 11) is 0. The highest BCUT2D eigenvalue weighted by atomic mass is 35.5. The van der Waals surface area contributed by atoms with Crippen LogP contribution in [0, 0.1) is 6.92 Å². The molecular formula is C11H14ClNO3. The fourth-order valence-corrected chi connectivity index (χ4v) is 1.49. The molecule has 88 valence electrons. The Labute approximate surface area is 98.9 Å². The van der Waals surface area contributed by atoms with E-state index >= 15 is 0 Å². The first-order valence-corrected chi connectivity index (χ1v) is 5.40. The molecule has 0 aliphatic carbocycles. The van der Waals surface area contributed by atoms with E-state index in [0.29, 0.717) is 11.3 Å². The molecule has 16 heavy (non-hydrogen) atoms. The third-order valence-electron chi connectivity index (χ3n) is 2.19. The van der Waals surface area contributed by atoms with Crippen LogP contribution in [0.5, 0.6) is 0 Å². The monoisotopic (exact) mass is 243 g/mol. The number of aryl methyl sites for hydroxylation is 1. The van der Waals surface area contributed by atoms with Crippen molar-refractivity contribution in [1.82, 2.24) is 0 Å². The number of carboxylic acids is 1. The summed E-state index contributed by atoms with van der Waals surface area (Å²) >= 11 is 5.45. The number of halogens is 1. The molecule has 0 aliphatic rings. The number of hydrogen-bond acceptors (Lipinski definition) is 3. The molecule has 1 atom stereocenters. The fraction of sp³-hybridized carbons (Fsp3) is 0.364. The number of carboxylic acid groups (broad SMARTS) is 1. The highest BCUT2D eigenvalue weighted by molar-refractivity contribution is 6.18. The molecule has 5 heteroatoms. The van der Waals surface area contributed by atoms with Crippen molar-refractivity contribution in [3.05, 3.63) is 29.3 Å². The van der Waals surface area contributed by atoms with Crippen LogP contribution in [0.15, 0.2) is 18.2 Å². The van der Waals surface area contributed by atoms with Crippen LogP contribution >= 0.6 is 11.6 Å². The number of nitrogens with one attached hydrogen (secondary N) is 1. The predicted molar refractivity (Wildman–Crippen MR) is 63.4 cm³/mol. The van der Waals surface area contributed by atoms with Crippen molar-refractivity contribution < 1.29 is 15.0 Å². The van der Waals surface area contributed by atoms with Gasteiger partial charge in [-0.05, 0) is 18.6 Å². The van der Waals surface area contributed by atoms with Gasteiger partial charge < -0.3 is 15.5 Å². The van der Waals surface area contributed by atoms with Crippen molar-refractivity contribution in [3.63, 3.8) is 0 Å². The number of benzene rings is 1. The third-order valence-corrected chi connectivity index (χ3v) is 2.55. The minimum atomic E-state index is -0.985. The smallest absolute Gasteiger partial charge is 0.338 e. The quantitative estimate of drug-likeness (QED) is 0.689. The minimum Gasteiger partial charge on any atom is -0.478 e. The molecule has 1 unspecified atom stereocenters. The van der Waals surface area contributed by atoms with Crippen molar-refractivity contribution in [2.75, 3.05) is 17.7 Å². The van der Waals surface area contributed by atoms with Crippen LogP contribution in [0.4, 0.5) is 5.69 Å². The van der Waals surface area contributed by atoms with E-state index in [-0.39, 0.29) is 18.0 Å². The maximum atomic E-state index is 11.0. The Bertz CT molecular complexity index is 381. The summed E-state index contributed by atoms with van der Waals surface area (Å²) < 4.78 is 0. The first kappa shape index (κ1) is 12.8. The summed E-state index contributed by atoms with van der Waals surface area (Å²) in [5.41, 5.74) is 1.40. The first-order valence-electron chi connectivity index (χ1n) is 4.87. The standard InChI is InChI=1S/C11H14ClNO3/c1-7-3-2-4-9(10(7)11(15)16)13-6-8(14)5-12/h2-4,8,13-14H,5-6H2,1H3,(H,15,16). The van der Waals surface area contributed by atoms with Crippen LogP contribution in [-0.4, -0.2) is 34.7 Å². The number of aliphatic hydroxyl groups excluding tert-OH is 1. The lowest BCUT2D eigenvalue weighted by molar-refractivity contribution is 0.0697. The molecule has 0 bridgehead atoms. The van der Waals surface area contributed by atoms with E-state index in [2.05, 4.69) is 5.32 Å². The number of aromatic carboxylic acids is 1. The van der Waals surface area contributed by atoms with Gasteiger partial charge in [0, 0.05) is 12.2 Å². The number of hydrogen-bond donors (Lipinski definition) is 3. The van der Waals surface area contributed by atoms with Crippen molar-refractivity contribution in [2.24, 2.45) is 0 Å². The van der Waals surface area contributed by atoms with Gasteiger partial charge in [-0.1, -0.05) is 12.1 Å². The van der Waals surface area contributed by atoms with Crippen molar-refractivity contribution >= 4 is 23.3 Å². The molecule has 0 saturated carbocycles. The van der Waals surface area contributed by atoms with E-state index in [1.807, 2.05) is 0 Å². The molecule has 1 rings (SSSR count). The topological polar surface area (TPSA) is 69.6 Å². The number of carbonyl (C=O) groups is 1. The molecule has 1 aromatic rings. The zero-order valence-electron chi connectivity index (χ0n) is 8.90. The van der Waals surface area contributed by atoms with Gasteiger partial charge in [0.05, 0.1) is 17.5 Å². The molecular weight excluding hydrogens is 230 g/mol. The van der Waals surface area contributed by atoms with E-state index in [9.17, 15) is 9.90 Å². The van der Waals surface area contributed by atoms with E-state index in [0.717, 1.165) is 0 Å². The summed E-state index contributed by atoms with van der Waals surface area (Å²) in [6.45, 7) is 1.96. The van der Waals surface area contributed by atoms with Crippen molar-refractivity contribution in [1.29, 1.82) is 0 Å². The van der Waals surface area contributed by atoms with Crippen molar-refractivity contribution in [3.8, 4) is 0 Å². The maximum Gasteiger partial charge on any atom is 0.338 e. The highest BCUT2D eigenvalue weighted by Gasteiger charge is 2.13. The molecule has 0 heterocycles. The van der Waals surface area contributed by atoms with Gasteiger partial charge in [-0.25, -0.2) is 4.79 Å². The normalized spacial score (nSPS) is 12.2. The summed E-state index contributed by atoms with van der Waals surface area (Å²) in [4.78, 5) is 11.0. The molecule has 0 fully saturated rings. The van der Waals surface area contributed by atoms with Gasteiger partial charge in [0.25, 0.3) is 0 Å². The first-order chi connectivity index (χ1) is 7.56. The summed E-state index contributed by atoms with van der Waals surface area (Å²) in [6.07, 6.45) is -0.691. The summed E-state index contributed by atoms with van der Waals surface area (Å²) in [5, 5.41) is 21.2.